The number of hydrogen-bond donors (Lipinski definition) is 0. The Bertz CT molecular complexity index is 941. The summed E-state index contributed by atoms with van der Waals surface area (Å²) in [6.07, 6.45) is 0. The normalized spacial score (nSPS) is 11.8. The average Bonchev–Trinajstić information content (AvgIpc) is 2.84. The first-order chi connectivity index (χ1) is 14.6. The molecule has 3 heteroatoms. The predicted molar refractivity (Wildman–Crippen MR) is 140 cm³/mol. The summed E-state index contributed by atoms with van der Waals surface area (Å²) in [6.45, 7) is 4.88. The van der Waals surface area contributed by atoms with Crippen molar-refractivity contribution in [3.63, 3.8) is 0 Å². The number of hydrogen-bond acceptors (Lipinski definition) is 1. The van der Waals surface area contributed by atoms with E-state index < -0.39 is 16.1 Å². The maximum Gasteiger partial charge on any atom is 0.149 e. The fourth-order valence-electron chi connectivity index (χ4n) is 4.44. The predicted octanol–water partition coefficient (Wildman–Crippen LogP) is 4.22. The third kappa shape index (κ3) is 3.54. The Hall–Kier alpha value is -2.60. The topological polar surface area (TPSA) is 0 Å². The van der Waals surface area contributed by atoms with Crippen LogP contribution < -0.4 is 20.7 Å². The molecule has 4 aromatic carbocycles. The zero-order valence-electron chi connectivity index (χ0n) is 17.5. The lowest BCUT2D eigenvalue weighted by atomic mass is 10.4. The average molecular weight is 439 g/mol. The molecule has 0 heterocycles. The SMILES string of the molecule is C[Si](C(=S)[Si](C)(c1ccccc1)c1ccccc1)(c1ccccc1)c1ccccc1. The van der Waals surface area contributed by atoms with Crippen molar-refractivity contribution in [2.24, 2.45) is 0 Å². The molecule has 4 aromatic rings. The van der Waals surface area contributed by atoms with Gasteiger partial charge in [-0.2, -0.15) is 0 Å². The van der Waals surface area contributed by atoms with Crippen LogP contribution >= 0.6 is 12.2 Å². The van der Waals surface area contributed by atoms with E-state index in [4.69, 9.17) is 12.2 Å². The largest absolute Gasteiger partial charge is 0.149 e. The summed E-state index contributed by atoms with van der Waals surface area (Å²) in [7, 11) is -4.63. The molecule has 0 saturated carbocycles. The van der Waals surface area contributed by atoms with Gasteiger partial charge in [0.25, 0.3) is 0 Å². The van der Waals surface area contributed by atoms with Crippen LogP contribution in [-0.4, -0.2) is 20.3 Å². The van der Waals surface area contributed by atoms with Crippen molar-refractivity contribution >= 4 is 53.2 Å². The van der Waals surface area contributed by atoms with Gasteiger partial charge in [0, 0.05) is 0 Å². The van der Waals surface area contributed by atoms with Crippen LogP contribution in [0.25, 0.3) is 0 Å². The molecular weight excluding hydrogens is 413 g/mol. The van der Waals surface area contributed by atoms with Crippen molar-refractivity contribution in [3.05, 3.63) is 121 Å². The van der Waals surface area contributed by atoms with Crippen LogP contribution in [0.3, 0.4) is 0 Å². The molecule has 0 amide bonds. The molecule has 0 radical (unpaired) electrons. The van der Waals surface area contributed by atoms with Gasteiger partial charge in [-0.25, -0.2) is 0 Å². The van der Waals surface area contributed by atoms with Gasteiger partial charge < -0.3 is 0 Å². The molecule has 148 valence electrons. The summed E-state index contributed by atoms with van der Waals surface area (Å²) in [5.41, 5.74) is 0. The second kappa shape index (κ2) is 8.64. The zero-order chi connectivity index (χ0) is 21.0. The first kappa shape index (κ1) is 20.7. The van der Waals surface area contributed by atoms with E-state index in [0.717, 1.165) is 0 Å². The Morgan fingerprint density at radius 2 is 0.633 bits per heavy atom. The van der Waals surface area contributed by atoms with Gasteiger partial charge in [-0.05, 0) is 24.9 Å². The highest BCUT2D eigenvalue weighted by atomic mass is 32.1. The first-order valence-electron chi connectivity index (χ1n) is 10.3. The maximum atomic E-state index is 6.58. The molecule has 0 bridgehead atoms. The zero-order valence-corrected chi connectivity index (χ0v) is 20.3. The smallest absolute Gasteiger partial charge is 0.0977 e. The van der Waals surface area contributed by atoms with Crippen LogP contribution in [0.1, 0.15) is 0 Å². The maximum absolute atomic E-state index is 6.58. The molecular formula is C27H26SSi2. The minimum Gasteiger partial charge on any atom is -0.0977 e. The van der Waals surface area contributed by atoms with Crippen molar-refractivity contribution in [3.8, 4) is 0 Å². The van der Waals surface area contributed by atoms with E-state index in [9.17, 15) is 0 Å². The Morgan fingerprint density at radius 3 is 0.833 bits per heavy atom. The summed E-state index contributed by atoms with van der Waals surface area (Å²) < 4.78 is 1.27. The molecule has 0 aliphatic rings. The van der Waals surface area contributed by atoms with Crippen LogP contribution in [0.15, 0.2) is 121 Å². The van der Waals surface area contributed by atoms with Crippen LogP contribution in [0, 0.1) is 0 Å². The molecule has 0 aliphatic carbocycles. The van der Waals surface area contributed by atoms with Crippen LogP contribution in [0.4, 0.5) is 0 Å². The van der Waals surface area contributed by atoms with E-state index in [1.807, 2.05) is 0 Å². The standard InChI is InChI=1S/C27H26SSi2/c1-29(23-15-7-3-8-16-23,24-17-9-4-10-18-24)27(28)30(2,25-19-11-5-12-20-25)26-21-13-6-14-22-26/h3-22H,1-2H3. The van der Waals surface area contributed by atoms with Gasteiger partial charge in [0.15, 0.2) is 0 Å². The van der Waals surface area contributed by atoms with Gasteiger partial charge in [0.05, 0.1) is 0 Å². The summed E-state index contributed by atoms with van der Waals surface area (Å²) in [5.74, 6) is 0. The minimum atomic E-state index is -2.31. The van der Waals surface area contributed by atoms with Gasteiger partial charge in [-0.15, -0.1) is 0 Å². The first-order valence-corrected chi connectivity index (χ1v) is 15.8. The van der Waals surface area contributed by atoms with Crippen LogP contribution in [0.5, 0.6) is 0 Å². The van der Waals surface area contributed by atoms with E-state index in [1.54, 1.807) is 0 Å². The Morgan fingerprint density at radius 1 is 0.433 bits per heavy atom. The highest BCUT2D eigenvalue weighted by Gasteiger charge is 2.48. The van der Waals surface area contributed by atoms with Crippen molar-refractivity contribution in [1.82, 2.24) is 0 Å². The molecule has 0 aromatic heterocycles. The summed E-state index contributed by atoms with van der Waals surface area (Å²) in [6, 6.07) is 43.8. The van der Waals surface area contributed by atoms with Gasteiger partial charge in [-0.3, -0.25) is 0 Å². The summed E-state index contributed by atoms with van der Waals surface area (Å²) in [5, 5.41) is 5.53. The molecule has 0 spiro atoms. The van der Waals surface area contributed by atoms with Crippen molar-refractivity contribution in [2.45, 2.75) is 13.1 Å². The Kier molecular flexibility index (Phi) is 5.95. The molecule has 0 aliphatic heterocycles. The van der Waals surface area contributed by atoms with Gasteiger partial charge >= 0.3 is 0 Å². The molecule has 30 heavy (non-hydrogen) atoms. The Labute approximate surface area is 187 Å². The lowest BCUT2D eigenvalue weighted by Crippen LogP contribution is -2.75. The number of thiocarbonyl (C=S) groups is 1. The second-order valence-corrected chi connectivity index (χ2v) is 17.5. The van der Waals surface area contributed by atoms with E-state index >= 15 is 0 Å². The summed E-state index contributed by atoms with van der Waals surface area (Å²) in [4.78, 5) is 0. The van der Waals surface area contributed by atoms with Gasteiger partial charge in [0.2, 0.25) is 0 Å². The second-order valence-electron chi connectivity index (χ2n) is 8.04. The molecule has 0 fully saturated rings. The van der Waals surface area contributed by atoms with Crippen molar-refractivity contribution < 1.29 is 0 Å². The molecule has 0 saturated heterocycles. The monoisotopic (exact) mass is 438 g/mol. The molecule has 0 nitrogen and oxygen atoms in total. The van der Waals surface area contributed by atoms with Crippen molar-refractivity contribution in [2.75, 3.05) is 0 Å². The molecule has 0 N–H and O–H groups in total. The fourth-order valence-corrected chi connectivity index (χ4v) is 16.7. The van der Waals surface area contributed by atoms with Gasteiger partial charge in [-0.1, -0.05) is 147 Å². The highest BCUT2D eigenvalue weighted by molar-refractivity contribution is 7.93. The molecule has 0 atom stereocenters. The van der Waals surface area contributed by atoms with E-state index in [-0.39, 0.29) is 0 Å². The lowest BCUT2D eigenvalue weighted by Gasteiger charge is -2.40. The third-order valence-corrected chi connectivity index (χ3v) is 19.5. The summed E-state index contributed by atoms with van der Waals surface area (Å²) >= 11 is 6.58. The van der Waals surface area contributed by atoms with Crippen LogP contribution in [0.2, 0.25) is 13.1 Å². The van der Waals surface area contributed by atoms with E-state index in [1.165, 1.54) is 24.9 Å². The fraction of sp³-hybridized carbons (Fsp3) is 0.0741. The number of benzene rings is 4. The molecule has 4 rings (SSSR count). The minimum absolute atomic E-state index is 1.27. The van der Waals surface area contributed by atoms with Crippen molar-refractivity contribution in [1.29, 1.82) is 0 Å². The highest BCUT2D eigenvalue weighted by Crippen LogP contribution is 2.19. The van der Waals surface area contributed by atoms with Crippen LogP contribution in [-0.2, 0) is 0 Å². The molecule has 0 unspecified atom stereocenters. The third-order valence-electron chi connectivity index (χ3n) is 6.31. The Balaban J connectivity index is 1.99. The van der Waals surface area contributed by atoms with E-state index in [0.29, 0.717) is 0 Å². The lowest BCUT2D eigenvalue weighted by molar-refractivity contribution is 1.70. The number of rotatable bonds is 6. The van der Waals surface area contributed by atoms with E-state index in [2.05, 4.69) is 134 Å². The van der Waals surface area contributed by atoms with Gasteiger partial charge in [0.1, 0.15) is 16.1 Å². The quantitative estimate of drug-likeness (QED) is 0.321.